The van der Waals surface area contributed by atoms with Crippen LogP contribution in [0.3, 0.4) is 0 Å². The monoisotopic (exact) mass is 449 g/mol. The Bertz CT molecular complexity index is 1230. The maximum absolute atomic E-state index is 12.7. The number of benzene rings is 2. The molecule has 0 aliphatic rings. The number of nitro groups is 1. The van der Waals surface area contributed by atoms with Gasteiger partial charge in [-0.2, -0.15) is 22.5 Å². The zero-order chi connectivity index (χ0) is 23.5. The molecular formula is C19H14F3N5O5. The van der Waals surface area contributed by atoms with Crippen molar-refractivity contribution < 1.29 is 27.6 Å². The van der Waals surface area contributed by atoms with Gasteiger partial charge in [-0.05, 0) is 58.5 Å². The van der Waals surface area contributed by atoms with Crippen molar-refractivity contribution in [2.45, 2.75) is 12.7 Å². The van der Waals surface area contributed by atoms with Crippen LogP contribution in [0.25, 0.3) is 11.8 Å². The standard InChI is InChI=1S/C19H14F3N5O5/c1-32-17(28)13(10-12-2-6-16(7-3-12)27(30)31)11-25-18(29)26(24-23-25)15-8-4-14(5-9-15)19(20,21)22/h2-10H,11H2,1H3/b13-10+. The van der Waals surface area contributed by atoms with E-state index in [1.165, 1.54) is 30.3 Å². The number of hydrogen-bond donors (Lipinski definition) is 0. The predicted octanol–water partition coefficient (Wildman–Crippen LogP) is 2.61. The van der Waals surface area contributed by atoms with E-state index in [0.29, 0.717) is 5.56 Å². The Balaban J connectivity index is 1.90. The van der Waals surface area contributed by atoms with E-state index in [-0.39, 0.29) is 23.5 Å². The van der Waals surface area contributed by atoms with Gasteiger partial charge in [-0.15, -0.1) is 0 Å². The first-order valence-corrected chi connectivity index (χ1v) is 8.84. The fourth-order valence-electron chi connectivity index (χ4n) is 2.68. The number of methoxy groups -OCH3 is 1. The highest BCUT2D eigenvalue weighted by molar-refractivity contribution is 5.93. The maximum Gasteiger partial charge on any atom is 0.416 e. The summed E-state index contributed by atoms with van der Waals surface area (Å²) in [5.74, 6) is -0.778. The second kappa shape index (κ2) is 8.83. The minimum atomic E-state index is -4.53. The average molecular weight is 449 g/mol. The Morgan fingerprint density at radius 2 is 1.75 bits per heavy atom. The number of nitrogens with zero attached hydrogens (tertiary/aromatic N) is 5. The number of carbonyl (C=O) groups excluding carboxylic acids is 1. The number of esters is 1. The first-order valence-electron chi connectivity index (χ1n) is 8.84. The van der Waals surface area contributed by atoms with Crippen LogP contribution >= 0.6 is 0 Å². The average Bonchev–Trinajstić information content (AvgIpc) is 3.12. The zero-order valence-corrected chi connectivity index (χ0v) is 16.3. The SMILES string of the molecule is COC(=O)/C(=C/c1ccc([N+](=O)[O-])cc1)Cn1nnn(-c2ccc(C(F)(F)F)cc2)c1=O. The number of halogens is 3. The Hall–Kier alpha value is -4.29. The Morgan fingerprint density at radius 3 is 2.28 bits per heavy atom. The molecular weight excluding hydrogens is 435 g/mol. The van der Waals surface area contributed by atoms with Crippen LogP contribution in [0.2, 0.25) is 0 Å². The summed E-state index contributed by atoms with van der Waals surface area (Å²) in [4.78, 5) is 34.9. The molecule has 0 bridgehead atoms. The molecule has 1 heterocycles. The molecule has 0 saturated heterocycles. The fraction of sp³-hybridized carbons (Fsp3) is 0.158. The highest BCUT2D eigenvalue weighted by Crippen LogP contribution is 2.29. The molecule has 0 atom stereocenters. The molecule has 3 aromatic rings. The van der Waals surface area contributed by atoms with E-state index in [1.54, 1.807) is 0 Å². The lowest BCUT2D eigenvalue weighted by Gasteiger charge is -2.07. The Morgan fingerprint density at radius 1 is 1.12 bits per heavy atom. The van der Waals surface area contributed by atoms with Crippen molar-refractivity contribution in [3.63, 3.8) is 0 Å². The number of rotatable bonds is 6. The Kier molecular flexibility index (Phi) is 6.18. The van der Waals surface area contributed by atoms with Crippen molar-refractivity contribution >= 4 is 17.7 Å². The minimum absolute atomic E-state index is 0.0112. The summed E-state index contributed by atoms with van der Waals surface area (Å²) >= 11 is 0. The third-order valence-electron chi connectivity index (χ3n) is 4.29. The first-order chi connectivity index (χ1) is 15.1. The van der Waals surface area contributed by atoms with Crippen molar-refractivity contribution in [2.75, 3.05) is 7.11 Å². The first kappa shape index (κ1) is 22.4. The van der Waals surface area contributed by atoms with E-state index in [4.69, 9.17) is 4.74 Å². The van der Waals surface area contributed by atoms with Crippen molar-refractivity contribution in [3.05, 3.63) is 85.8 Å². The van der Waals surface area contributed by atoms with Gasteiger partial charge >= 0.3 is 17.8 Å². The number of non-ortho nitro benzene ring substituents is 1. The fourth-order valence-corrected chi connectivity index (χ4v) is 2.68. The normalized spacial score (nSPS) is 11.9. The van der Waals surface area contributed by atoms with Gasteiger partial charge in [0.25, 0.3) is 5.69 Å². The number of aromatic nitrogens is 4. The van der Waals surface area contributed by atoms with Crippen LogP contribution in [0.1, 0.15) is 11.1 Å². The second-order valence-corrected chi connectivity index (χ2v) is 6.39. The van der Waals surface area contributed by atoms with Gasteiger partial charge in [0.2, 0.25) is 0 Å². The maximum atomic E-state index is 12.7. The molecule has 1 aromatic heterocycles. The highest BCUT2D eigenvalue weighted by Gasteiger charge is 2.30. The molecule has 32 heavy (non-hydrogen) atoms. The van der Waals surface area contributed by atoms with Gasteiger partial charge in [0.1, 0.15) is 0 Å². The third kappa shape index (κ3) is 4.88. The van der Waals surface area contributed by atoms with Crippen molar-refractivity contribution in [3.8, 4) is 5.69 Å². The smallest absolute Gasteiger partial charge is 0.416 e. The number of alkyl halides is 3. The van der Waals surface area contributed by atoms with Crippen LogP contribution in [0.4, 0.5) is 18.9 Å². The van der Waals surface area contributed by atoms with Crippen molar-refractivity contribution in [1.29, 1.82) is 0 Å². The minimum Gasteiger partial charge on any atom is -0.466 e. The molecule has 166 valence electrons. The van der Waals surface area contributed by atoms with Gasteiger partial charge in [-0.3, -0.25) is 10.1 Å². The molecule has 0 radical (unpaired) electrons. The molecule has 0 saturated carbocycles. The van der Waals surface area contributed by atoms with Crippen LogP contribution in [-0.4, -0.2) is 37.8 Å². The summed E-state index contributed by atoms with van der Waals surface area (Å²) in [7, 11) is 1.13. The number of hydrogen-bond acceptors (Lipinski definition) is 7. The molecule has 0 aliphatic carbocycles. The largest absolute Gasteiger partial charge is 0.466 e. The lowest BCUT2D eigenvalue weighted by molar-refractivity contribution is -0.384. The molecule has 3 rings (SSSR count). The van der Waals surface area contributed by atoms with Gasteiger partial charge < -0.3 is 4.74 Å². The van der Waals surface area contributed by atoms with Gasteiger partial charge in [0.15, 0.2) is 0 Å². The lowest BCUT2D eigenvalue weighted by Crippen LogP contribution is -2.26. The van der Waals surface area contributed by atoms with E-state index >= 15 is 0 Å². The quantitative estimate of drug-likeness (QED) is 0.245. The van der Waals surface area contributed by atoms with Crippen molar-refractivity contribution in [2.24, 2.45) is 0 Å². The number of nitro benzene ring substituents is 1. The molecule has 0 unspecified atom stereocenters. The van der Waals surface area contributed by atoms with Gasteiger partial charge in [-0.1, -0.05) is 0 Å². The molecule has 0 fully saturated rings. The lowest BCUT2D eigenvalue weighted by atomic mass is 10.1. The third-order valence-corrected chi connectivity index (χ3v) is 4.29. The Labute approximate surface area is 177 Å². The summed E-state index contributed by atoms with van der Waals surface area (Å²) in [6, 6.07) is 9.03. The van der Waals surface area contributed by atoms with Crippen LogP contribution in [-0.2, 0) is 22.3 Å². The molecule has 0 spiro atoms. The van der Waals surface area contributed by atoms with E-state index in [9.17, 15) is 32.9 Å². The van der Waals surface area contributed by atoms with Gasteiger partial charge in [0.05, 0.1) is 35.4 Å². The molecule has 13 heteroatoms. The molecule has 0 aliphatic heterocycles. The summed E-state index contributed by atoms with van der Waals surface area (Å²) in [5, 5.41) is 18.1. The van der Waals surface area contributed by atoms with Crippen LogP contribution in [0, 0.1) is 10.1 Å². The topological polar surface area (TPSA) is 122 Å². The summed E-state index contributed by atoms with van der Waals surface area (Å²) in [6.45, 7) is -0.358. The van der Waals surface area contributed by atoms with Crippen molar-refractivity contribution in [1.82, 2.24) is 19.8 Å². The summed E-state index contributed by atoms with van der Waals surface area (Å²) < 4.78 is 44.5. The van der Waals surface area contributed by atoms with E-state index in [2.05, 4.69) is 10.4 Å². The highest BCUT2D eigenvalue weighted by atomic mass is 19.4. The zero-order valence-electron chi connectivity index (χ0n) is 16.3. The van der Waals surface area contributed by atoms with Crippen LogP contribution in [0.5, 0.6) is 0 Å². The summed E-state index contributed by atoms with van der Waals surface area (Å²) in [5.41, 5.74) is -1.36. The second-order valence-electron chi connectivity index (χ2n) is 6.39. The molecule has 2 aromatic carbocycles. The van der Waals surface area contributed by atoms with Gasteiger partial charge in [-0.25, -0.2) is 9.59 Å². The van der Waals surface area contributed by atoms with Crippen LogP contribution in [0.15, 0.2) is 58.9 Å². The molecule has 0 amide bonds. The predicted molar refractivity (Wildman–Crippen MR) is 104 cm³/mol. The molecule has 10 nitrogen and oxygen atoms in total. The van der Waals surface area contributed by atoms with E-state index < -0.39 is 28.3 Å². The van der Waals surface area contributed by atoms with Crippen LogP contribution < -0.4 is 5.69 Å². The number of carbonyl (C=O) groups is 1. The number of ether oxygens (including phenoxy) is 1. The van der Waals surface area contributed by atoms with Gasteiger partial charge in [0, 0.05) is 12.1 Å². The molecule has 0 N–H and O–H groups in total. The van der Waals surface area contributed by atoms with E-state index in [1.807, 2.05) is 0 Å². The van der Waals surface area contributed by atoms with E-state index in [0.717, 1.165) is 40.7 Å². The summed E-state index contributed by atoms with van der Waals surface area (Å²) in [6.07, 6.45) is -3.17. The number of tetrazole rings is 1.